The molecule has 0 atom stereocenters. The van der Waals surface area contributed by atoms with Gasteiger partial charge in [0.1, 0.15) is 5.75 Å². The minimum Gasteiger partial charge on any atom is -0.455 e. The lowest BCUT2D eigenvalue weighted by atomic mass is 9.80. The molecule has 44 heavy (non-hydrogen) atoms. The highest BCUT2D eigenvalue weighted by Gasteiger charge is 2.33. The number of ketones is 1. The lowest BCUT2D eigenvalue weighted by molar-refractivity contribution is 0.104. The SMILES string of the molecule is CCC(C)(C)c1ccc(Oc2cc(Nc3ccccc3)c3c4c(c(-c5ccccc5)c(=O)[nH]c24)-c2ccncc2C3=O)cc1. The Balaban J connectivity index is 1.53. The van der Waals surface area contributed by atoms with Crippen LogP contribution in [0.25, 0.3) is 33.2 Å². The number of hydrogen-bond donors (Lipinski definition) is 2. The summed E-state index contributed by atoms with van der Waals surface area (Å²) >= 11 is 0. The van der Waals surface area contributed by atoms with Crippen LogP contribution in [0.5, 0.6) is 11.5 Å². The van der Waals surface area contributed by atoms with Crippen LogP contribution in [-0.2, 0) is 5.41 Å². The summed E-state index contributed by atoms with van der Waals surface area (Å²) in [6.45, 7) is 6.61. The number of nitrogens with zero attached hydrogens (tertiary/aromatic N) is 1. The van der Waals surface area contributed by atoms with Crippen molar-refractivity contribution in [1.82, 2.24) is 9.97 Å². The zero-order valence-corrected chi connectivity index (χ0v) is 24.8. The van der Waals surface area contributed by atoms with Gasteiger partial charge < -0.3 is 15.0 Å². The van der Waals surface area contributed by atoms with Crippen molar-refractivity contribution in [1.29, 1.82) is 0 Å². The summed E-state index contributed by atoms with van der Waals surface area (Å²) in [5.41, 5.74) is 6.35. The highest BCUT2D eigenvalue weighted by Crippen LogP contribution is 2.48. The third kappa shape index (κ3) is 4.56. The second-order valence-electron chi connectivity index (χ2n) is 11.7. The molecule has 6 heteroatoms. The van der Waals surface area contributed by atoms with Crippen molar-refractivity contribution in [2.45, 2.75) is 32.6 Å². The van der Waals surface area contributed by atoms with Crippen LogP contribution in [0.4, 0.5) is 11.4 Å². The number of hydrogen-bond acceptors (Lipinski definition) is 5. The average Bonchev–Trinajstić information content (AvgIpc) is 3.05. The van der Waals surface area contributed by atoms with E-state index in [0.29, 0.717) is 55.9 Å². The van der Waals surface area contributed by atoms with Crippen molar-refractivity contribution in [3.63, 3.8) is 0 Å². The Hall–Kier alpha value is -5.49. The Bertz CT molecular complexity index is 2100. The molecule has 0 bridgehead atoms. The molecule has 0 unspecified atom stereocenters. The van der Waals surface area contributed by atoms with Crippen molar-refractivity contribution in [2.75, 3.05) is 5.32 Å². The lowest BCUT2D eigenvalue weighted by Crippen LogP contribution is -2.19. The Morgan fingerprint density at radius 2 is 1.52 bits per heavy atom. The molecule has 0 fully saturated rings. The summed E-state index contributed by atoms with van der Waals surface area (Å²) < 4.78 is 6.54. The minimum atomic E-state index is -0.268. The molecule has 6 nitrogen and oxygen atoms in total. The molecular weight excluding hydrogens is 546 g/mol. The molecule has 0 saturated carbocycles. The second-order valence-corrected chi connectivity index (χ2v) is 11.7. The number of rotatable bonds is 7. The molecule has 0 spiro atoms. The van der Waals surface area contributed by atoms with Gasteiger partial charge in [-0.05, 0) is 58.9 Å². The first-order valence-electron chi connectivity index (χ1n) is 14.8. The van der Waals surface area contributed by atoms with Gasteiger partial charge in [0.25, 0.3) is 5.56 Å². The van der Waals surface area contributed by atoms with Gasteiger partial charge >= 0.3 is 0 Å². The van der Waals surface area contributed by atoms with E-state index in [4.69, 9.17) is 4.74 Å². The van der Waals surface area contributed by atoms with Crippen LogP contribution in [0.3, 0.4) is 0 Å². The van der Waals surface area contributed by atoms with E-state index < -0.39 is 0 Å². The van der Waals surface area contributed by atoms with Crippen LogP contribution in [0.15, 0.2) is 114 Å². The molecule has 7 rings (SSSR count). The number of para-hydroxylation sites is 1. The van der Waals surface area contributed by atoms with E-state index in [2.05, 4.69) is 48.2 Å². The maximum absolute atomic E-state index is 14.3. The molecule has 1 aliphatic carbocycles. The van der Waals surface area contributed by atoms with Crippen LogP contribution in [0.1, 0.15) is 48.7 Å². The number of carbonyl (C=O) groups excluding carboxylic acids is 1. The highest BCUT2D eigenvalue weighted by atomic mass is 16.5. The topological polar surface area (TPSA) is 84.1 Å². The van der Waals surface area contributed by atoms with E-state index in [1.165, 1.54) is 5.56 Å². The molecule has 0 aliphatic heterocycles. The zero-order chi connectivity index (χ0) is 30.4. The van der Waals surface area contributed by atoms with Gasteiger partial charge in [0, 0.05) is 40.7 Å². The first-order chi connectivity index (χ1) is 21.4. The zero-order valence-electron chi connectivity index (χ0n) is 24.8. The number of aromatic amines is 1. The van der Waals surface area contributed by atoms with Crippen molar-refractivity contribution in [3.05, 3.63) is 136 Å². The third-order valence-electron chi connectivity index (χ3n) is 8.68. The smallest absolute Gasteiger partial charge is 0.257 e. The van der Waals surface area contributed by atoms with E-state index in [1.54, 1.807) is 18.5 Å². The number of pyridine rings is 2. The van der Waals surface area contributed by atoms with E-state index in [9.17, 15) is 9.59 Å². The second kappa shape index (κ2) is 10.7. The van der Waals surface area contributed by atoms with Crippen molar-refractivity contribution >= 4 is 28.1 Å². The van der Waals surface area contributed by atoms with Crippen LogP contribution < -0.4 is 15.6 Å². The molecule has 216 valence electrons. The molecule has 0 amide bonds. The van der Waals surface area contributed by atoms with Crippen molar-refractivity contribution in [3.8, 4) is 33.8 Å². The Labute approximate surface area is 255 Å². The number of H-pyrrole nitrogens is 1. The first-order valence-corrected chi connectivity index (χ1v) is 14.8. The average molecular weight is 578 g/mol. The molecule has 4 aromatic carbocycles. The fourth-order valence-electron chi connectivity index (χ4n) is 5.92. The predicted octanol–water partition coefficient (Wildman–Crippen LogP) is 9.03. The number of fused-ring (bicyclic) bond motifs is 2. The quantitative estimate of drug-likeness (QED) is 0.197. The molecular formula is C38H31N3O3. The summed E-state index contributed by atoms with van der Waals surface area (Å²) in [6, 6.07) is 30.9. The summed E-state index contributed by atoms with van der Waals surface area (Å²) in [7, 11) is 0. The van der Waals surface area contributed by atoms with Gasteiger partial charge in [-0.15, -0.1) is 0 Å². The highest BCUT2D eigenvalue weighted by molar-refractivity contribution is 6.30. The van der Waals surface area contributed by atoms with Gasteiger partial charge in [-0.2, -0.15) is 0 Å². The fourth-order valence-corrected chi connectivity index (χ4v) is 5.92. The maximum atomic E-state index is 14.3. The van der Waals surface area contributed by atoms with Gasteiger partial charge in [-0.1, -0.05) is 81.4 Å². The van der Waals surface area contributed by atoms with Gasteiger partial charge in [0.05, 0.1) is 22.3 Å². The minimum absolute atomic E-state index is 0.0350. The van der Waals surface area contributed by atoms with E-state index >= 15 is 0 Å². The number of ether oxygens (including phenoxy) is 1. The molecule has 0 saturated heterocycles. The monoisotopic (exact) mass is 577 g/mol. The fraction of sp³-hybridized carbons (Fsp3) is 0.132. The van der Waals surface area contributed by atoms with Crippen molar-refractivity contribution in [2.24, 2.45) is 0 Å². The molecule has 2 aromatic heterocycles. The van der Waals surface area contributed by atoms with Crippen LogP contribution in [0, 0.1) is 0 Å². The molecule has 6 aromatic rings. The molecule has 1 aliphatic rings. The van der Waals surface area contributed by atoms with Crippen molar-refractivity contribution < 1.29 is 9.53 Å². The standard InChI is InChI=1S/C38H31N3O3/c1-4-38(2,3)24-15-17-26(18-16-24)44-30-21-29(40-25-13-9-6-10-14-25)33-34-32(27-19-20-39-22-28(27)36(33)42)31(37(43)41-35(30)34)23-11-7-5-8-12-23/h5-22,40H,4H2,1-3H3,(H,41,43). The number of carbonyl (C=O) groups is 1. The normalized spacial score (nSPS) is 12.2. The third-order valence-corrected chi connectivity index (χ3v) is 8.68. The number of benzene rings is 4. The Morgan fingerprint density at radius 1 is 0.818 bits per heavy atom. The first kappa shape index (κ1) is 27.3. The van der Waals surface area contributed by atoms with Gasteiger partial charge in [0.15, 0.2) is 11.5 Å². The van der Waals surface area contributed by atoms with Gasteiger partial charge in [0.2, 0.25) is 0 Å². The summed E-state index contributed by atoms with van der Waals surface area (Å²) in [5, 5.41) is 4.09. The van der Waals surface area contributed by atoms with E-state index in [0.717, 1.165) is 17.7 Å². The Morgan fingerprint density at radius 3 is 2.23 bits per heavy atom. The summed E-state index contributed by atoms with van der Waals surface area (Å²) in [5.74, 6) is 0.892. The van der Waals surface area contributed by atoms with Crippen LogP contribution in [-0.4, -0.2) is 15.8 Å². The summed E-state index contributed by atoms with van der Waals surface area (Å²) in [4.78, 5) is 35.6. The van der Waals surface area contributed by atoms with E-state index in [1.807, 2.05) is 78.9 Å². The van der Waals surface area contributed by atoms with Gasteiger partial charge in [-0.3, -0.25) is 14.6 Å². The van der Waals surface area contributed by atoms with E-state index in [-0.39, 0.29) is 16.8 Å². The van der Waals surface area contributed by atoms with Crippen LogP contribution in [0.2, 0.25) is 0 Å². The largest absolute Gasteiger partial charge is 0.455 e. The molecule has 2 heterocycles. The summed E-state index contributed by atoms with van der Waals surface area (Å²) in [6.07, 6.45) is 4.24. The molecule has 0 radical (unpaired) electrons. The Kier molecular flexibility index (Phi) is 6.62. The molecule has 2 N–H and O–H groups in total. The number of aromatic nitrogens is 2. The number of anilines is 2. The maximum Gasteiger partial charge on any atom is 0.257 e. The predicted molar refractivity (Wildman–Crippen MR) is 176 cm³/mol. The van der Waals surface area contributed by atoms with Crippen LogP contribution >= 0.6 is 0 Å². The van der Waals surface area contributed by atoms with Gasteiger partial charge in [-0.25, -0.2) is 0 Å². The lowest BCUT2D eigenvalue weighted by Gasteiger charge is -2.26. The number of nitrogens with one attached hydrogen (secondary N) is 2.